The van der Waals surface area contributed by atoms with E-state index in [1.807, 2.05) is 0 Å². The summed E-state index contributed by atoms with van der Waals surface area (Å²) in [5, 5.41) is 7.40. The second-order valence-corrected chi connectivity index (χ2v) is 9.06. The molecule has 32 heavy (non-hydrogen) atoms. The van der Waals surface area contributed by atoms with Gasteiger partial charge in [-0.1, -0.05) is 37.3 Å². The molecule has 0 spiro atoms. The third-order valence-corrected chi connectivity index (χ3v) is 7.00. The summed E-state index contributed by atoms with van der Waals surface area (Å²) in [6.07, 6.45) is 7.13. The van der Waals surface area contributed by atoms with Gasteiger partial charge in [-0.25, -0.2) is 4.98 Å². The van der Waals surface area contributed by atoms with Crippen molar-refractivity contribution < 1.29 is 13.2 Å². The molecule has 6 nitrogen and oxygen atoms in total. The van der Waals surface area contributed by atoms with Gasteiger partial charge in [-0.05, 0) is 50.9 Å². The number of pyridine rings is 1. The van der Waals surface area contributed by atoms with Crippen molar-refractivity contribution in [3.63, 3.8) is 0 Å². The summed E-state index contributed by atoms with van der Waals surface area (Å²) in [5.41, 5.74) is -1.04. The van der Waals surface area contributed by atoms with E-state index in [1.54, 1.807) is 0 Å². The van der Waals surface area contributed by atoms with Gasteiger partial charge in [0, 0.05) is 18.3 Å². The number of rotatable bonds is 5. The molecular weight excluding hydrogens is 443 g/mol. The molecule has 2 fully saturated rings. The number of piperidine rings is 1. The van der Waals surface area contributed by atoms with E-state index >= 15 is 0 Å². The van der Waals surface area contributed by atoms with Gasteiger partial charge in [0.15, 0.2) is 5.82 Å². The Kier molecular flexibility index (Phi) is 6.76. The molecule has 1 aliphatic heterocycles. The molecule has 0 bridgehead atoms. The molecule has 0 radical (unpaired) electrons. The Morgan fingerprint density at radius 1 is 1.03 bits per heavy atom. The summed E-state index contributed by atoms with van der Waals surface area (Å²) in [6, 6.07) is 1.97. The number of halogens is 4. The normalized spacial score (nSPS) is 19.6. The van der Waals surface area contributed by atoms with Crippen LogP contribution >= 0.6 is 11.6 Å². The Bertz CT molecular complexity index is 981. The van der Waals surface area contributed by atoms with E-state index in [0.717, 1.165) is 42.7 Å². The van der Waals surface area contributed by atoms with Crippen molar-refractivity contribution in [1.29, 1.82) is 0 Å². The summed E-state index contributed by atoms with van der Waals surface area (Å²) in [7, 11) is 0. The van der Waals surface area contributed by atoms with Crippen molar-refractivity contribution in [3.05, 3.63) is 45.5 Å². The standard InChI is InChI=1S/C22H27ClF3N5O/c23-19-17(28-15-21(9-3-1-4-10-21)30-11-5-2-6-12-30)14-29-31(20(19)32)18-8-7-16(13-27-18)22(24,25)26/h7-8,13-14,28H,1-6,9-12,15H2. The molecule has 3 heterocycles. The topological polar surface area (TPSA) is 63.1 Å². The van der Waals surface area contributed by atoms with E-state index in [9.17, 15) is 18.0 Å². The molecule has 10 heteroatoms. The minimum absolute atomic E-state index is 0.0199. The Balaban J connectivity index is 1.53. The number of nitrogens with one attached hydrogen (secondary N) is 1. The maximum absolute atomic E-state index is 12.8. The minimum atomic E-state index is -4.50. The lowest BCUT2D eigenvalue weighted by molar-refractivity contribution is -0.137. The van der Waals surface area contributed by atoms with E-state index in [4.69, 9.17) is 11.6 Å². The fourth-order valence-corrected chi connectivity index (χ4v) is 5.04. The van der Waals surface area contributed by atoms with Crippen molar-refractivity contribution >= 4 is 17.3 Å². The van der Waals surface area contributed by atoms with Gasteiger partial charge in [0.1, 0.15) is 5.02 Å². The lowest BCUT2D eigenvalue weighted by atomic mass is 9.79. The highest BCUT2D eigenvalue weighted by Crippen LogP contribution is 2.36. The molecule has 174 valence electrons. The van der Waals surface area contributed by atoms with Crippen LogP contribution < -0.4 is 10.9 Å². The van der Waals surface area contributed by atoms with Gasteiger partial charge in [-0.3, -0.25) is 9.69 Å². The van der Waals surface area contributed by atoms with Crippen LogP contribution in [0.25, 0.3) is 5.82 Å². The average Bonchev–Trinajstić information content (AvgIpc) is 2.81. The van der Waals surface area contributed by atoms with Crippen LogP contribution in [0.5, 0.6) is 0 Å². The number of hydrogen-bond acceptors (Lipinski definition) is 5. The Morgan fingerprint density at radius 3 is 2.34 bits per heavy atom. The Morgan fingerprint density at radius 2 is 1.72 bits per heavy atom. The smallest absolute Gasteiger partial charge is 0.381 e. The van der Waals surface area contributed by atoms with Crippen molar-refractivity contribution in [2.75, 3.05) is 25.0 Å². The lowest BCUT2D eigenvalue weighted by Gasteiger charge is -2.48. The van der Waals surface area contributed by atoms with E-state index < -0.39 is 17.3 Å². The van der Waals surface area contributed by atoms with Crippen LogP contribution in [0, 0.1) is 0 Å². The van der Waals surface area contributed by atoms with Crippen LogP contribution in [0.3, 0.4) is 0 Å². The first kappa shape index (κ1) is 23.0. The second kappa shape index (κ2) is 9.39. The summed E-state index contributed by atoms with van der Waals surface area (Å²) in [4.78, 5) is 19.1. The number of alkyl halides is 3. The number of nitrogens with zero attached hydrogens (tertiary/aromatic N) is 4. The fraction of sp³-hybridized carbons (Fsp3) is 0.591. The summed E-state index contributed by atoms with van der Waals surface area (Å²) >= 11 is 6.34. The summed E-state index contributed by atoms with van der Waals surface area (Å²) < 4.78 is 39.2. The number of hydrogen-bond donors (Lipinski definition) is 1. The van der Waals surface area contributed by atoms with Gasteiger partial charge in [0.05, 0.1) is 17.4 Å². The average molecular weight is 470 g/mol. The van der Waals surface area contributed by atoms with Crippen LogP contribution in [0.2, 0.25) is 5.02 Å². The molecule has 4 rings (SSSR count). The quantitative estimate of drug-likeness (QED) is 0.674. The van der Waals surface area contributed by atoms with Crippen molar-refractivity contribution in [2.24, 2.45) is 0 Å². The zero-order valence-electron chi connectivity index (χ0n) is 17.8. The highest BCUT2D eigenvalue weighted by Gasteiger charge is 2.38. The molecule has 0 aromatic carbocycles. The van der Waals surface area contributed by atoms with Crippen molar-refractivity contribution in [3.8, 4) is 5.82 Å². The maximum Gasteiger partial charge on any atom is 0.417 e. The second-order valence-electron chi connectivity index (χ2n) is 8.68. The Labute approximate surface area is 189 Å². The van der Waals surface area contributed by atoms with Crippen LogP contribution in [0.4, 0.5) is 18.9 Å². The molecule has 2 aromatic rings. The number of aromatic nitrogens is 3. The molecule has 2 aliphatic rings. The predicted molar refractivity (Wildman–Crippen MR) is 117 cm³/mol. The highest BCUT2D eigenvalue weighted by molar-refractivity contribution is 6.32. The highest BCUT2D eigenvalue weighted by atomic mass is 35.5. The minimum Gasteiger partial charge on any atom is -0.381 e. The zero-order chi connectivity index (χ0) is 22.8. The number of anilines is 1. The van der Waals surface area contributed by atoms with Crippen LogP contribution in [-0.2, 0) is 6.18 Å². The Hall–Kier alpha value is -2.13. The van der Waals surface area contributed by atoms with E-state index in [0.29, 0.717) is 18.4 Å². The molecular formula is C22H27ClF3N5O. The van der Waals surface area contributed by atoms with Crippen LogP contribution in [0.1, 0.15) is 56.9 Å². The predicted octanol–water partition coefficient (Wildman–Crippen LogP) is 4.90. The largest absolute Gasteiger partial charge is 0.417 e. The first-order valence-electron chi connectivity index (χ1n) is 11.1. The summed E-state index contributed by atoms with van der Waals surface area (Å²) in [6.45, 7) is 2.86. The lowest BCUT2D eigenvalue weighted by Crippen LogP contribution is -2.56. The summed E-state index contributed by atoms with van der Waals surface area (Å²) in [5.74, 6) is -0.0199. The molecule has 0 unspecified atom stereocenters. The van der Waals surface area contributed by atoms with Crippen molar-refractivity contribution in [1.82, 2.24) is 19.7 Å². The molecule has 1 N–H and O–H groups in total. The van der Waals surface area contributed by atoms with Gasteiger partial charge in [-0.2, -0.15) is 23.0 Å². The van der Waals surface area contributed by atoms with Gasteiger partial charge >= 0.3 is 6.18 Å². The molecule has 1 aliphatic carbocycles. The van der Waals surface area contributed by atoms with E-state index in [-0.39, 0.29) is 16.4 Å². The molecule has 1 saturated heterocycles. The van der Waals surface area contributed by atoms with Crippen molar-refractivity contribution in [2.45, 2.75) is 63.1 Å². The molecule has 0 atom stereocenters. The van der Waals surface area contributed by atoms with E-state index in [1.165, 1.54) is 44.7 Å². The van der Waals surface area contributed by atoms with E-state index in [2.05, 4.69) is 20.3 Å². The van der Waals surface area contributed by atoms with Gasteiger partial charge in [0.25, 0.3) is 5.56 Å². The zero-order valence-corrected chi connectivity index (χ0v) is 18.6. The SMILES string of the molecule is O=c1c(Cl)c(NCC2(N3CCCCC3)CCCCC2)cnn1-c1ccc(C(F)(F)F)cn1. The molecule has 1 saturated carbocycles. The monoisotopic (exact) mass is 469 g/mol. The molecule has 0 amide bonds. The maximum atomic E-state index is 12.8. The van der Waals surface area contributed by atoms with Crippen LogP contribution in [-0.4, -0.2) is 44.8 Å². The van der Waals surface area contributed by atoms with Gasteiger partial charge in [0.2, 0.25) is 0 Å². The third kappa shape index (κ3) is 4.78. The van der Waals surface area contributed by atoms with Gasteiger partial charge < -0.3 is 5.32 Å². The third-order valence-electron chi connectivity index (χ3n) is 6.63. The number of likely N-dealkylation sites (tertiary alicyclic amines) is 1. The van der Waals surface area contributed by atoms with Crippen LogP contribution in [0.15, 0.2) is 29.3 Å². The fourth-order valence-electron chi connectivity index (χ4n) is 4.84. The molecule has 2 aromatic heterocycles. The van der Waals surface area contributed by atoms with Gasteiger partial charge in [-0.15, -0.1) is 0 Å². The first-order chi connectivity index (χ1) is 15.3. The first-order valence-corrected chi connectivity index (χ1v) is 11.5.